The predicted octanol–water partition coefficient (Wildman–Crippen LogP) is 3.27. The van der Waals surface area contributed by atoms with Crippen molar-refractivity contribution in [2.24, 2.45) is 0 Å². The van der Waals surface area contributed by atoms with E-state index in [2.05, 4.69) is 43.0 Å². The standard InChI is InChI=1S/C21H22N6O/c1-26(13-19-16-4-2-3-5-20(16)28-25-19)15-7-10-27(11-8-15)21-17-6-9-22-12-18(17)23-14-24-21/h2-6,9,12,14-15H,7-8,10-11,13H2,1H3. The molecular formula is C21H22N6O. The number of fused-ring (bicyclic) bond motifs is 2. The van der Waals surface area contributed by atoms with E-state index in [0.717, 1.165) is 65.9 Å². The van der Waals surface area contributed by atoms with Gasteiger partial charge >= 0.3 is 0 Å². The van der Waals surface area contributed by atoms with Gasteiger partial charge in [0.25, 0.3) is 0 Å². The number of aromatic nitrogens is 4. The van der Waals surface area contributed by atoms with Gasteiger partial charge in [0.15, 0.2) is 5.58 Å². The SMILES string of the molecule is CN(Cc1noc2ccccc12)C1CCN(c2ncnc3cnccc23)CC1. The lowest BCUT2D eigenvalue weighted by molar-refractivity contribution is 0.196. The number of benzene rings is 1. The quantitative estimate of drug-likeness (QED) is 0.543. The van der Waals surface area contributed by atoms with Gasteiger partial charge in [0.05, 0.1) is 11.7 Å². The van der Waals surface area contributed by atoms with Gasteiger partial charge in [-0.1, -0.05) is 17.3 Å². The molecule has 28 heavy (non-hydrogen) atoms. The molecule has 1 aliphatic rings. The molecule has 142 valence electrons. The van der Waals surface area contributed by atoms with E-state index in [9.17, 15) is 0 Å². The third kappa shape index (κ3) is 3.07. The number of pyridine rings is 1. The molecule has 1 fully saturated rings. The third-order valence-electron chi connectivity index (χ3n) is 5.66. The fraction of sp³-hybridized carbons (Fsp3) is 0.333. The largest absolute Gasteiger partial charge is 0.356 e. The summed E-state index contributed by atoms with van der Waals surface area (Å²) < 4.78 is 5.45. The van der Waals surface area contributed by atoms with Crippen LogP contribution >= 0.6 is 0 Å². The summed E-state index contributed by atoms with van der Waals surface area (Å²) in [5.74, 6) is 1.01. The minimum atomic E-state index is 0.515. The molecule has 3 aromatic heterocycles. The van der Waals surface area contributed by atoms with E-state index in [4.69, 9.17) is 4.52 Å². The molecule has 1 aromatic carbocycles. The van der Waals surface area contributed by atoms with E-state index in [1.165, 1.54) is 0 Å². The first-order valence-electron chi connectivity index (χ1n) is 9.63. The van der Waals surface area contributed by atoms with E-state index in [1.54, 1.807) is 18.7 Å². The number of hydrogen-bond donors (Lipinski definition) is 0. The van der Waals surface area contributed by atoms with Crippen molar-refractivity contribution in [1.29, 1.82) is 0 Å². The highest BCUT2D eigenvalue weighted by atomic mass is 16.5. The Bertz CT molecular complexity index is 1100. The summed E-state index contributed by atoms with van der Waals surface area (Å²) >= 11 is 0. The molecule has 0 N–H and O–H groups in total. The normalized spacial score (nSPS) is 15.7. The maximum absolute atomic E-state index is 5.45. The van der Waals surface area contributed by atoms with Gasteiger partial charge in [0.2, 0.25) is 0 Å². The Labute approximate surface area is 163 Å². The monoisotopic (exact) mass is 374 g/mol. The first kappa shape index (κ1) is 17.1. The molecular weight excluding hydrogens is 352 g/mol. The maximum atomic E-state index is 5.45. The lowest BCUT2D eigenvalue weighted by Gasteiger charge is -2.37. The summed E-state index contributed by atoms with van der Waals surface area (Å²) in [6.45, 7) is 2.75. The minimum Gasteiger partial charge on any atom is -0.356 e. The second kappa shape index (κ2) is 7.16. The molecule has 4 heterocycles. The van der Waals surface area contributed by atoms with Gasteiger partial charge < -0.3 is 9.42 Å². The lowest BCUT2D eigenvalue weighted by Crippen LogP contribution is -2.43. The average Bonchev–Trinajstić information content (AvgIpc) is 3.16. The van der Waals surface area contributed by atoms with Crippen LogP contribution in [0.5, 0.6) is 0 Å². The van der Waals surface area contributed by atoms with Crippen LogP contribution in [0, 0.1) is 0 Å². The zero-order valence-electron chi connectivity index (χ0n) is 15.8. The fourth-order valence-electron chi connectivity index (χ4n) is 4.08. The summed E-state index contributed by atoms with van der Waals surface area (Å²) in [6.07, 6.45) is 7.40. The number of hydrogen-bond acceptors (Lipinski definition) is 7. The number of rotatable bonds is 4. The van der Waals surface area contributed by atoms with Gasteiger partial charge in [-0.15, -0.1) is 0 Å². The Morgan fingerprint density at radius 2 is 1.96 bits per heavy atom. The number of anilines is 1. The molecule has 1 aliphatic heterocycles. The summed E-state index contributed by atoms with van der Waals surface area (Å²) in [5, 5.41) is 6.45. The van der Waals surface area contributed by atoms with Crippen LogP contribution in [0.2, 0.25) is 0 Å². The van der Waals surface area contributed by atoms with Crippen molar-refractivity contribution >= 4 is 27.7 Å². The minimum absolute atomic E-state index is 0.515. The number of para-hydroxylation sites is 1. The van der Waals surface area contributed by atoms with Gasteiger partial charge in [0.1, 0.15) is 17.8 Å². The van der Waals surface area contributed by atoms with Crippen molar-refractivity contribution in [1.82, 2.24) is 25.0 Å². The Morgan fingerprint density at radius 3 is 2.86 bits per heavy atom. The molecule has 7 nitrogen and oxygen atoms in total. The Hall–Kier alpha value is -3.06. The fourth-order valence-corrected chi connectivity index (χ4v) is 4.08. The van der Waals surface area contributed by atoms with Crippen molar-refractivity contribution < 1.29 is 4.52 Å². The van der Waals surface area contributed by atoms with Crippen molar-refractivity contribution in [2.45, 2.75) is 25.4 Å². The van der Waals surface area contributed by atoms with E-state index in [-0.39, 0.29) is 0 Å². The average molecular weight is 374 g/mol. The van der Waals surface area contributed by atoms with E-state index >= 15 is 0 Å². The first-order chi connectivity index (χ1) is 13.8. The van der Waals surface area contributed by atoms with Crippen LogP contribution in [0.1, 0.15) is 18.5 Å². The highest BCUT2D eigenvalue weighted by Gasteiger charge is 2.25. The second-order valence-corrected chi connectivity index (χ2v) is 7.35. The molecule has 0 radical (unpaired) electrons. The van der Waals surface area contributed by atoms with Gasteiger partial charge in [-0.25, -0.2) is 9.97 Å². The van der Waals surface area contributed by atoms with Crippen molar-refractivity contribution in [3.05, 3.63) is 54.7 Å². The van der Waals surface area contributed by atoms with E-state index in [0.29, 0.717) is 6.04 Å². The summed E-state index contributed by atoms with van der Waals surface area (Å²) in [7, 11) is 2.18. The van der Waals surface area contributed by atoms with Crippen LogP contribution in [-0.2, 0) is 6.54 Å². The molecule has 0 amide bonds. The van der Waals surface area contributed by atoms with Crippen LogP contribution in [-0.4, -0.2) is 51.2 Å². The van der Waals surface area contributed by atoms with Gasteiger partial charge in [-0.05, 0) is 38.1 Å². The van der Waals surface area contributed by atoms with Crippen LogP contribution in [0.15, 0.2) is 53.6 Å². The van der Waals surface area contributed by atoms with Crippen LogP contribution < -0.4 is 4.90 Å². The summed E-state index contributed by atoms with van der Waals surface area (Å²) in [4.78, 5) is 17.8. The number of nitrogens with zero attached hydrogens (tertiary/aromatic N) is 6. The molecule has 0 unspecified atom stereocenters. The Balaban J connectivity index is 1.28. The number of piperidine rings is 1. The molecule has 0 bridgehead atoms. The van der Waals surface area contributed by atoms with Gasteiger partial charge in [-0.2, -0.15) is 0 Å². The van der Waals surface area contributed by atoms with Crippen LogP contribution in [0.3, 0.4) is 0 Å². The zero-order valence-corrected chi connectivity index (χ0v) is 15.8. The van der Waals surface area contributed by atoms with E-state index in [1.807, 2.05) is 24.3 Å². The molecule has 1 saturated heterocycles. The molecule has 0 aliphatic carbocycles. The van der Waals surface area contributed by atoms with Crippen molar-refractivity contribution in [3.63, 3.8) is 0 Å². The smallest absolute Gasteiger partial charge is 0.167 e. The third-order valence-corrected chi connectivity index (χ3v) is 5.66. The Kier molecular flexibility index (Phi) is 4.37. The summed E-state index contributed by atoms with van der Waals surface area (Å²) in [5.41, 5.74) is 2.75. The maximum Gasteiger partial charge on any atom is 0.167 e. The predicted molar refractivity (Wildman–Crippen MR) is 108 cm³/mol. The van der Waals surface area contributed by atoms with Crippen molar-refractivity contribution in [3.8, 4) is 0 Å². The molecule has 0 atom stereocenters. The van der Waals surface area contributed by atoms with Gasteiger partial charge in [0, 0.05) is 42.6 Å². The summed E-state index contributed by atoms with van der Waals surface area (Å²) in [6, 6.07) is 10.6. The van der Waals surface area contributed by atoms with Crippen molar-refractivity contribution in [2.75, 3.05) is 25.0 Å². The highest BCUT2D eigenvalue weighted by molar-refractivity contribution is 5.88. The molecule has 5 rings (SSSR count). The lowest BCUT2D eigenvalue weighted by atomic mass is 10.0. The zero-order chi connectivity index (χ0) is 18.9. The van der Waals surface area contributed by atoms with Crippen LogP contribution in [0.25, 0.3) is 21.9 Å². The molecule has 4 aromatic rings. The second-order valence-electron chi connectivity index (χ2n) is 7.35. The molecule has 0 spiro atoms. The topological polar surface area (TPSA) is 71.2 Å². The molecule has 7 heteroatoms. The Morgan fingerprint density at radius 1 is 1.11 bits per heavy atom. The van der Waals surface area contributed by atoms with E-state index < -0.39 is 0 Å². The van der Waals surface area contributed by atoms with Gasteiger partial charge in [-0.3, -0.25) is 9.88 Å². The van der Waals surface area contributed by atoms with Crippen LogP contribution in [0.4, 0.5) is 5.82 Å². The first-order valence-corrected chi connectivity index (χ1v) is 9.63. The molecule has 0 saturated carbocycles. The highest BCUT2D eigenvalue weighted by Crippen LogP contribution is 2.27.